The maximum atomic E-state index is 13.6. The van der Waals surface area contributed by atoms with Gasteiger partial charge >= 0.3 is 12.1 Å². The molecular formula is C18H12F3N3O3. The molecule has 1 aromatic carbocycles. The lowest BCUT2D eigenvalue weighted by molar-refractivity contribution is -0.141. The highest BCUT2D eigenvalue weighted by molar-refractivity contribution is 5.97. The molecule has 0 atom stereocenters. The van der Waals surface area contributed by atoms with Crippen LogP contribution in [0, 0.1) is 11.3 Å². The van der Waals surface area contributed by atoms with Crippen LogP contribution < -0.4 is 0 Å². The molecule has 0 aliphatic heterocycles. The van der Waals surface area contributed by atoms with Crippen LogP contribution in [-0.4, -0.2) is 22.4 Å². The summed E-state index contributed by atoms with van der Waals surface area (Å²) in [5, 5.41) is 12.7. The molecule has 0 fully saturated rings. The highest BCUT2D eigenvalue weighted by Crippen LogP contribution is 2.38. The number of furan rings is 1. The second-order valence-electron chi connectivity index (χ2n) is 5.34. The van der Waals surface area contributed by atoms with Crippen molar-refractivity contribution in [1.82, 2.24) is 9.78 Å². The van der Waals surface area contributed by atoms with Crippen LogP contribution in [0.5, 0.6) is 0 Å². The minimum Gasteiger partial charge on any atom is -0.463 e. The number of aromatic nitrogens is 2. The van der Waals surface area contributed by atoms with Gasteiger partial charge in [0.2, 0.25) is 0 Å². The maximum Gasteiger partial charge on any atom is 0.436 e. The second-order valence-corrected chi connectivity index (χ2v) is 5.34. The van der Waals surface area contributed by atoms with Gasteiger partial charge in [0.15, 0.2) is 11.5 Å². The topological polar surface area (TPSA) is 81.0 Å². The van der Waals surface area contributed by atoms with E-state index in [1.54, 1.807) is 0 Å². The van der Waals surface area contributed by atoms with Crippen LogP contribution in [0.2, 0.25) is 0 Å². The van der Waals surface area contributed by atoms with E-state index in [2.05, 4.69) is 5.10 Å². The van der Waals surface area contributed by atoms with Crippen molar-refractivity contribution in [1.29, 1.82) is 5.26 Å². The van der Waals surface area contributed by atoms with E-state index < -0.39 is 23.4 Å². The third-order valence-electron chi connectivity index (χ3n) is 3.61. The van der Waals surface area contributed by atoms with Crippen LogP contribution in [0.25, 0.3) is 17.1 Å². The van der Waals surface area contributed by atoms with Crippen molar-refractivity contribution in [3.05, 3.63) is 59.5 Å². The first-order valence-corrected chi connectivity index (χ1v) is 7.78. The molecule has 0 bridgehead atoms. The van der Waals surface area contributed by atoms with E-state index in [-0.39, 0.29) is 29.3 Å². The number of ether oxygens (including phenoxy) is 1. The second kappa shape index (κ2) is 6.99. The summed E-state index contributed by atoms with van der Waals surface area (Å²) in [6, 6.07) is 10.6. The molecular weight excluding hydrogens is 363 g/mol. The molecule has 9 heteroatoms. The van der Waals surface area contributed by atoms with Gasteiger partial charge in [0.05, 0.1) is 30.2 Å². The van der Waals surface area contributed by atoms with Gasteiger partial charge in [-0.05, 0) is 37.3 Å². The number of benzene rings is 1. The molecule has 0 amide bonds. The van der Waals surface area contributed by atoms with Crippen LogP contribution in [0.4, 0.5) is 13.2 Å². The Morgan fingerprint density at radius 2 is 2.11 bits per heavy atom. The van der Waals surface area contributed by atoms with Crippen molar-refractivity contribution in [2.75, 3.05) is 6.61 Å². The molecule has 6 nitrogen and oxygen atoms in total. The number of hydrogen-bond acceptors (Lipinski definition) is 5. The fourth-order valence-corrected chi connectivity index (χ4v) is 2.55. The van der Waals surface area contributed by atoms with Gasteiger partial charge in [0.25, 0.3) is 0 Å². The van der Waals surface area contributed by atoms with Crippen LogP contribution in [0.1, 0.15) is 28.5 Å². The van der Waals surface area contributed by atoms with E-state index in [4.69, 9.17) is 14.4 Å². The summed E-state index contributed by atoms with van der Waals surface area (Å²) in [5.41, 5.74) is -1.96. The van der Waals surface area contributed by atoms with Gasteiger partial charge in [-0.2, -0.15) is 23.5 Å². The predicted octanol–water partition coefficient (Wildman–Crippen LogP) is 4.20. The number of esters is 1. The van der Waals surface area contributed by atoms with Crippen LogP contribution in [-0.2, 0) is 10.9 Å². The number of rotatable bonds is 4. The normalized spacial score (nSPS) is 11.2. The Bertz CT molecular complexity index is 1010. The molecule has 0 saturated heterocycles. The number of carbonyl (C=O) groups is 1. The molecule has 2 aromatic heterocycles. The van der Waals surface area contributed by atoms with E-state index in [1.165, 1.54) is 49.6 Å². The number of halogens is 3. The van der Waals surface area contributed by atoms with E-state index in [1.807, 2.05) is 6.07 Å². The molecule has 0 unspecified atom stereocenters. The van der Waals surface area contributed by atoms with Crippen LogP contribution in [0.15, 0.2) is 47.1 Å². The third kappa shape index (κ3) is 3.42. The summed E-state index contributed by atoms with van der Waals surface area (Å²) in [7, 11) is 0. The first-order chi connectivity index (χ1) is 12.9. The van der Waals surface area contributed by atoms with Crippen LogP contribution in [0.3, 0.4) is 0 Å². The van der Waals surface area contributed by atoms with Crippen molar-refractivity contribution >= 4 is 5.97 Å². The number of nitrogens with zero attached hydrogens (tertiary/aromatic N) is 3. The average molecular weight is 375 g/mol. The van der Waals surface area contributed by atoms with Crippen molar-refractivity contribution in [2.45, 2.75) is 13.1 Å². The van der Waals surface area contributed by atoms with E-state index in [9.17, 15) is 18.0 Å². The van der Waals surface area contributed by atoms with Gasteiger partial charge in [0, 0.05) is 0 Å². The lowest BCUT2D eigenvalue weighted by Gasteiger charge is -2.08. The summed E-state index contributed by atoms with van der Waals surface area (Å²) >= 11 is 0. The lowest BCUT2D eigenvalue weighted by Crippen LogP contribution is -2.14. The Labute approximate surface area is 151 Å². The van der Waals surface area contributed by atoms with Crippen molar-refractivity contribution < 1.29 is 27.1 Å². The Morgan fingerprint density at radius 3 is 2.70 bits per heavy atom. The van der Waals surface area contributed by atoms with E-state index in [0.717, 1.165) is 4.68 Å². The SMILES string of the molecule is CCOC(=O)c1c(C(F)(F)F)nn(-c2cccc(C#N)c2)c1-c1ccco1. The van der Waals surface area contributed by atoms with Crippen molar-refractivity contribution in [3.63, 3.8) is 0 Å². The molecule has 0 aliphatic carbocycles. The zero-order valence-corrected chi connectivity index (χ0v) is 13.9. The Hall–Kier alpha value is -3.54. The molecule has 0 radical (unpaired) electrons. The summed E-state index contributed by atoms with van der Waals surface area (Å²) in [5.74, 6) is -1.16. The molecule has 0 spiro atoms. The number of hydrogen-bond donors (Lipinski definition) is 0. The smallest absolute Gasteiger partial charge is 0.436 e. The summed E-state index contributed by atoms with van der Waals surface area (Å²) in [4.78, 5) is 12.3. The zero-order valence-electron chi connectivity index (χ0n) is 13.9. The van der Waals surface area contributed by atoms with Crippen LogP contribution >= 0.6 is 0 Å². The van der Waals surface area contributed by atoms with Gasteiger partial charge in [-0.3, -0.25) is 0 Å². The molecule has 3 rings (SSSR count). The maximum absolute atomic E-state index is 13.6. The minimum absolute atomic E-state index is 0.00316. The minimum atomic E-state index is -4.90. The van der Waals surface area contributed by atoms with Gasteiger partial charge in [-0.1, -0.05) is 6.07 Å². The molecule has 2 heterocycles. The standard InChI is InChI=1S/C18H12F3N3O3/c1-2-26-17(25)14-15(13-7-4-8-27-13)24(23-16(14)18(19,20)21)12-6-3-5-11(9-12)10-22/h3-9H,2H2,1H3. The Kier molecular flexibility index (Phi) is 4.73. The van der Waals surface area contributed by atoms with Gasteiger partial charge in [0.1, 0.15) is 11.3 Å². The number of alkyl halides is 3. The highest BCUT2D eigenvalue weighted by atomic mass is 19.4. The summed E-state index contributed by atoms with van der Waals surface area (Å²) < 4.78 is 51.7. The third-order valence-corrected chi connectivity index (χ3v) is 3.61. The molecule has 27 heavy (non-hydrogen) atoms. The zero-order chi connectivity index (χ0) is 19.6. The molecule has 0 aliphatic rings. The van der Waals surface area contributed by atoms with Crippen molar-refractivity contribution in [2.24, 2.45) is 0 Å². The molecule has 0 saturated carbocycles. The largest absolute Gasteiger partial charge is 0.463 e. The average Bonchev–Trinajstić information content (AvgIpc) is 3.28. The number of nitriles is 1. The molecule has 0 N–H and O–H groups in total. The first-order valence-electron chi connectivity index (χ1n) is 7.78. The fourth-order valence-electron chi connectivity index (χ4n) is 2.55. The summed E-state index contributed by atoms with van der Waals surface area (Å²) in [6.07, 6.45) is -3.64. The quantitative estimate of drug-likeness (QED) is 0.639. The molecule has 3 aromatic rings. The lowest BCUT2D eigenvalue weighted by atomic mass is 10.1. The highest BCUT2D eigenvalue weighted by Gasteiger charge is 2.43. The Balaban J connectivity index is 2.36. The Morgan fingerprint density at radius 1 is 1.33 bits per heavy atom. The number of carbonyl (C=O) groups excluding carboxylic acids is 1. The van der Waals surface area contributed by atoms with E-state index >= 15 is 0 Å². The first kappa shape index (κ1) is 18.3. The predicted molar refractivity (Wildman–Crippen MR) is 86.9 cm³/mol. The van der Waals surface area contributed by atoms with E-state index in [0.29, 0.717) is 0 Å². The van der Waals surface area contributed by atoms with Gasteiger partial charge in [-0.25, -0.2) is 9.48 Å². The molecule has 138 valence electrons. The summed E-state index contributed by atoms with van der Waals surface area (Å²) in [6.45, 7) is 1.38. The fraction of sp³-hybridized carbons (Fsp3) is 0.167. The van der Waals surface area contributed by atoms with Gasteiger partial charge in [-0.15, -0.1) is 0 Å². The van der Waals surface area contributed by atoms with Gasteiger partial charge < -0.3 is 9.15 Å². The van der Waals surface area contributed by atoms with Crippen molar-refractivity contribution in [3.8, 4) is 23.2 Å². The monoisotopic (exact) mass is 375 g/mol.